The molecule has 0 rings (SSSR count). The Morgan fingerprint density at radius 2 is 1.33 bits per heavy atom. The molecular weight excluding hydrogens is 304 g/mol. The lowest BCUT2D eigenvalue weighted by atomic mass is 9.84. The van der Waals surface area contributed by atoms with E-state index < -0.39 is 11.9 Å². The van der Waals surface area contributed by atoms with Crippen molar-refractivity contribution in [3.63, 3.8) is 0 Å². The van der Waals surface area contributed by atoms with Crippen LogP contribution >= 0.6 is 0 Å². The van der Waals surface area contributed by atoms with Gasteiger partial charge in [-0.2, -0.15) is 0 Å². The van der Waals surface area contributed by atoms with E-state index in [0.29, 0.717) is 18.8 Å². The molecule has 2 unspecified atom stereocenters. The van der Waals surface area contributed by atoms with Crippen LogP contribution in [-0.4, -0.2) is 22.2 Å². The zero-order valence-electron chi connectivity index (χ0n) is 15.8. The Balaban J connectivity index is 4.25. The fourth-order valence-corrected chi connectivity index (χ4v) is 3.32. The first-order valence-corrected chi connectivity index (χ1v) is 9.95. The van der Waals surface area contributed by atoms with Gasteiger partial charge < -0.3 is 10.2 Å². The Hall–Kier alpha value is -1.06. The molecule has 0 aliphatic heterocycles. The maximum atomic E-state index is 11.6. The second-order valence-corrected chi connectivity index (χ2v) is 7.12. The molecule has 0 aromatic rings. The van der Waals surface area contributed by atoms with Crippen molar-refractivity contribution in [1.82, 2.24) is 0 Å². The Kier molecular flexibility index (Phi) is 14.8. The summed E-state index contributed by atoms with van der Waals surface area (Å²) in [7, 11) is 0. The van der Waals surface area contributed by atoms with Crippen LogP contribution in [0.15, 0.2) is 0 Å². The molecule has 4 heteroatoms. The Bertz CT molecular complexity index is 328. The lowest BCUT2D eigenvalue weighted by Gasteiger charge is -2.21. The molecule has 0 spiro atoms. The van der Waals surface area contributed by atoms with E-state index in [0.717, 1.165) is 32.1 Å². The van der Waals surface area contributed by atoms with Crippen LogP contribution in [0.25, 0.3) is 0 Å². The van der Waals surface area contributed by atoms with Crippen molar-refractivity contribution in [2.75, 3.05) is 0 Å². The standard InChI is InChI=1S/C20H38O4/c1-3-5-7-9-13-17(12-6-4-2)16-18(20(23)24)14-10-8-11-15-19(21)22/h17-18H,3-16H2,1-2H3,(H,21,22)(H,23,24). The third-order valence-electron chi connectivity index (χ3n) is 4.84. The van der Waals surface area contributed by atoms with E-state index >= 15 is 0 Å². The molecule has 0 radical (unpaired) electrons. The van der Waals surface area contributed by atoms with Gasteiger partial charge >= 0.3 is 11.9 Å². The summed E-state index contributed by atoms with van der Waals surface area (Å²) in [5, 5.41) is 18.1. The number of carbonyl (C=O) groups is 2. The van der Waals surface area contributed by atoms with Crippen molar-refractivity contribution in [2.24, 2.45) is 11.8 Å². The topological polar surface area (TPSA) is 74.6 Å². The maximum absolute atomic E-state index is 11.6. The minimum atomic E-state index is -0.767. The number of hydrogen-bond donors (Lipinski definition) is 2. The van der Waals surface area contributed by atoms with Crippen molar-refractivity contribution >= 4 is 11.9 Å². The number of unbranched alkanes of at least 4 members (excludes halogenated alkanes) is 6. The van der Waals surface area contributed by atoms with Crippen LogP contribution < -0.4 is 0 Å². The number of aliphatic carboxylic acids is 2. The molecule has 0 saturated carbocycles. The summed E-state index contributed by atoms with van der Waals surface area (Å²) in [5.74, 6) is -1.18. The van der Waals surface area contributed by atoms with Crippen molar-refractivity contribution < 1.29 is 19.8 Å². The summed E-state index contributed by atoms with van der Waals surface area (Å²) >= 11 is 0. The first-order chi connectivity index (χ1) is 11.5. The van der Waals surface area contributed by atoms with Crippen LogP contribution in [-0.2, 0) is 9.59 Å². The highest BCUT2D eigenvalue weighted by atomic mass is 16.4. The van der Waals surface area contributed by atoms with Crippen LogP contribution in [0.2, 0.25) is 0 Å². The van der Waals surface area contributed by atoms with Crippen molar-refractivity contribution in [3.05, 3.63) is 0 Å². The van der Waals surface area contributed by atoms with Gasteiger partial charge in [-0.25, -0.2) is 0 Å². The molecule has 0 saturated heterocycles. The van der Waals surface area contributed by atoms with Crippen LogP contribution in [0, 0.1) is 11.8 Å². The summed E-state index contributed by atoms with van der Waals surface area (Å²) in [4.78, 5) is 22.1. The molecule has 2 atom stereocenters. The van der Waals surface area contributed by atoms with Gasteiger partial charge in [0.2, 0.25) is 0 Å². The lowest BCUT2D eigenvalue weighted by Crippen LogP contribution is -2.18. The summed E-state index contributed by atoms with van der Waals surface area (Å²) in [6.45, 7) is 4.39. The first kappa shape index (κ1) is 22.9. The van der Waals surface area contributed by atoms with E-state index in [2.05, 4.69) is 13.8 Å². The highest BCUT2D eigenvalue weighted by Gasteiger charge is 2.22. The molecule has 0 heterocycles. The Labute approximate surface area is 148 Å². The third kappa shape index (κ3) is 13.4. The number of hydrogen-bond acceptors (Lipinski definition) is 2. The monoisotopic (exact) mass is 342 g/mol. The van der Waals surface area contributed by atoms with E-state index in [1.54, 1.807) is 0 Å². The second-order valence-electron chi connectivity index (χ2n) is 7.12. The predicted octanol–water partition coefficient (Wildman–Crippen LogP) is 5.89. The number of rotatable bonds is 17. The quantitative estimate of drug-likeness (QED) is 0.323. The summed E-state index contributed by atoms with van der Waals surface area (Å²) in [5.41, 5.74) is 0. The minimum absolute atomic E-state index is 0.189. The third-order valence-corrected chi connectivity index (χ3v) is 4.84. The smallest absolute Gasteiger partial charge is 0.306 e. The second kappa shape index (κ2) is 15.5. The normalized spacial score (nSPS) is 13.6. The summed E-state index contributed by atoms with van der Waals surface area (Å²) in [6, 6.07) is 0. The molecule has 0 aliphatic carbocycles. The van der Waals surface area contributed by atoms with Gasteiger partial charge in [0.1, 0.15) is 0 Å². The van der Waals surface area contributed by atoms with Crippen LogP contribution in [0.3, 0.4) is 0 Å². The van der Waals surface area contributed by atoms with Crippen molar-refractivity contribution in [3.8, 4) is 0 Å². The van der Waals surface area contributed by atoms with Gasteiger partial charge in [0.15, 0.2) is 0 Å². The zero-order chi connectivity index (χ0) is 18.2. The van der Waals surface area contributed by atoms with E-state index in [9.17, 15) is 14.7 Å². The first-order valence-electron chi connectivity index (χ1n) is 9.95. The van der Waals surface area contributed by atoms with Crippen LogP contribution in [0.5, 0.6) is 0 Å². The molecule has 2 N–H and O–H groups in total. The molecule has 0 amide bonds. The molecule has 24 heavy (non-hydrogen) atoms. The fourth-order valence-electron chi connectivity index (χ4n) is 3.32. The number of carboxylic acid groups (broad SMARTS) is 2. The number of carboxylic acids is 2. The van der Waals surface area contributed by atoms with Gasteiger partial charge in [0, 0.05) is 6.42 Å². The molecule has 0 aromatic carbocycles. The Morgan fingerprint density at radius 1 is 0.750 bits per heavy atom. The highest BCUT2D eigenvalue weighted by molar-refractivity contribution is 5.69. The molecular formula is C20H38O4. The van der Waals surface area contributed by atoms with E-state index in [1.165, 1.54) is 38.5 Å². The van der Waals surface area contributed by atoms with Gasteiger partial charge in [-0.05, 0) is 25.2 Å². The molecule has 4 nitrogen and oxygen atoms in total. The molecule has 0 aliphatic rings. The molecule has 0 aromatic heterocycles. The minimum Gasteiger partial charge on any atom is -0.481 e. The van der Waals surface area contributed by atoms with Crippen LogP contribution in [0.1, 0.15) is 104 Å². The Morgan fingerprint density at radius 3 is 1.92 bits per heavy atom. The lowest BCUT2D eigenvalue weighted by molar-refractivity contribution is -0.143. The van der Waals surface area contributed by atoms with E-state index in [-0.39, 0.29) is 12.3 Å². The summed E-state index contributed by atoms with van der Waals surface area (Å²) < 4.78 is 0. The SMILES string of the molecule is CCCCCCC(CCCC)CC(CCCCCC(=O)O)C(=O)O. The van der Waals surface area contributed by atoms with Gasteiger partial charge in [-0.15, -0.1) is 0 Å². The summed E-state index contributed by atoms with van der Waals surface area (Å²) in [6.07, 6.45) is 13.6. The van der Waals surface area contributed by atoms with Crippen molar-refractivity contribution in [2.45, 2.75) is 104 Å². The molecule has 0 bridgehead atoms. The van der Waals surface area contributed by atoms with Crippen LogP contribution in [0.4, 0.5) is 0 Å². The van der Waals surface area contributed by atoms with Gasteiger partial charge in [-0.3, -0.25) is 9.59 Å². The van der Waals surface area contributed by atoms with E-state index in [1.807, 2.05) is 0 Å². The van der Waals surface area contributed by atoms with Gasteiger partial charge in [0.05, 0.1) is 5.92 Å². The average molecular weight is 343 g/mol. The molecule has 142 valence electrons. The largest absolute Gasteiger partial charge is 0.481 e. The van der Waals surface area contributed by atoms with Gasteiger partial charge in [0.25, 0.3) is 0 Å². The average Bonchev–Trinajstić information content (AvgIpc) is 2.53. The van der Waals surface area contributed by atoms with Gasteiger partial charge in [-0.1, -0.05) is 78.1 Å². The molecule has 0 fully saturated rings. The maximum Gasteiger partial charge on any atom is 0.306 e. The van der Waals surface area contributed by atoms with E-state index in [4.69, 9.17) is 5.11 Å². The highest BCUT2D eigenvalue weighted by Crippen LogP contribution is 2.27. The predicted molar refractivity (Wildman–Crippen MR) is 98.2 cm³/mol. The fraction of sp³-hybridized carbons (Fsp3) is 0.900. The zero-order valence-corrected chi connectivity index (χ0v) is 15.8. The van der Waals surface area contributed by atoms with Crippen molar-refractivity contribution in [1.29, 1.82) is 0 Å².